The Morgan fingerprint density at radius 1 is 1.37 bits per heavy atom. The molecule has 0 radical (unpaired) electrons. The van der Waals surface area contributed by atoms with E-state index in [0.29, 0.717) is 18.7 Å². The molecule has 1 aromatic carbocycles. The lowest BCUT2D eigenvalue weighted by molar-refractivity contribution is -0.0170. The minimum atomic E-state index is -3.68. The lowest BCUT2D eigenvalue weighted by atomic mass is 10.2. The van der Waals surface area contributed by atoms with Crippen molar-refractivity contribution in [1.82, 2.24) is 4.31 Å². The predicted octanol–water partition coefficient (Wildman–Crippen LogP) is 1.93. The van der Waals surface area contributed by atoms with E-state index < -0.39 is 15.8 Å². The summed E-state index contributed by atoms with van der Waals surface area (Å²) in [4.78, 5) is 0.0356. The van der Waals surface area contributed by atoms with Gasteiger partial charge in [-0.3, -0.25) is 0 Å². The van der Waals surface area contributed by atoms with Crippen molar-refractivity contribution in [1.29, 1.82) is 0 Å². The van der Waals surface area contributed by atoms with Crippen molar-refractivity contribution in [3.05, 3.63) is 29.6 Å². The van der Waals surface area contributed by atoms with Gasteiger partial charge in [0.25, 0.3) is 0 Å². The van der Waals surface area contributed by atoms with Crippen LogP contribution in [0.3, 0.4) is 0 Å². The molecule has 4 nitrogen and oxygen atoms in total. The normalized spacial score (nSPS) is 25.5. The Bertz CT molecular complexity index is 573. The molecule has 1 aliphatic heterocycles. The number of nitrogens with zero attached hydrogens (tertiary/aromatic N) is 1. The summed E-state index contributed by atoms with van der Waals surface area (Å²) >= 11 is 0. The minimum Gasteiger partial charge on any atom is -0.375 e. The van der Waals surface area contributed by atoms with Gasteiger partial charge >= 0.3 is 0 Å². The molecule has 2 atom stereocenters. The van der Waals surface area contributed by atoms with Crippen LogP contribution in [0, 0.1) is 12.7 Å². The quantitative estimate of drug-likeness (QED) is 0.835. The first-order valence-electron chi connectivity index (χ1n) is 6.22. The van der Waals surface area contributed by atoms with Crippen LogP contribution in [-0.4, -0.2) is 38.0 Å². The molecule has 0 aliphatic carbocycles. The Hall–Kier alpha value is -0.980. The Labute approximate surface area is 113 Å². The standard InChI is InChI=1S/C13H18FNO3S/c1-9-4-5-12(14)6-13(9)19(16,17)15-7-11(3)18-8-10(15)2/h4-6,10-11H,7-8H2,1-3H3. The van der Waals surface area contributed by atoms with Gasteiger partial charge in [-0.1, -0.05) is 6.07 Å². The number of aryl methyl sites for hydroxylation is 1. The number of sulfonamides is 1. The Morgan fingerprint density at radius 2 is 2.05 bits per heavy atom. The van der Waals surface area contributed by atoms with Gasteiger partial charge in [0.2, 0.25) is 10.0 Å². The first-order chi connectivity index (χ1) is 8.82. The van der Waals surface area contributed by atoms with Crippen molar-refractivity contribution in [2.45, 2.75) is 37.8 Å². The zero-order valence-corrected chi connectivity index (χ0v) is 12.1. The van der Waals surface area contributed by atoms with Crippen LogP contribution in [0.5, 0.6) is 0 Å². The van der Waals surface area contributed by atoms with Crippen molar-refractivity contribution in [3.63, 3.8) is 0 Å². The van der Waals surface area contributed by atoms with Gasteiger partial charge in [0.15, 0.2) is 0 Å². The van der Waals surface area contributed by atoms with Crippen molar-refractivity contribution < 1.29 is 17.5 Å². The Morgan fingerprint density at radius 3 is 2.74 bits per heavy atom. The van der Waals surface area contributed by atoms with Crippen molar-refractivity contribution in [3.8, 4) is 0 Å². The van der Waals surface area contributed by atoms with Gasteiger partial charge in [0, 0.05) is 12.6 Å². The maximum atomic E-state index is 13.3. The van der Waals surface area contributed by atoms with Crippen LogP contribution in [0.15, 0.2) is 23.1 Å². The third-order valence-electron chi connectivity index (χ3n) is 3.29. The summed E-state index contributed by atoms with van der Waals surface area (Å²) in [5.74, 6) is -0.543. The van der Waals surface area contributed by atoms with E-state index in [1.165, 1.54) is 16.4 Å². The van der Waals surface area contributed by atoms with E-state index in [4.69, 9.17) is 4.74 Å². The van der Waals surface area contributed by atoms with Gasteiger partial charge in [-0.2, -0.15) is 4.31 Å². The number of ether oxygens (including phenoxy) is 1. The summed E-state index contributed by atoms with van der Waals surface area (Å²) in [6, 6.07) is 3.58. The molecule has 1 saturated heterocycles. The molecule has 1 heterocycles. The van der Waals surface area contributed by atoms with E-state index >= 15 is 0 Å². The molecule has 106 valence electrons. The number of benzene rings is 1. The highest BCUT2D eigenvalue weighted by molar-refractivity contribution is 7.89. The van der Waals surface area contributed by atoms with E-state index in [2.05, 4.69) is 0 Å². The fourth-order valence-corrected chi connectivity index (χ4v) is 4.12. The van der Waals surface area contributed by atoms with Crippen LogP contribution in [0.2, 0.25) is 0 Å². The monoisotopic (exact) mass is 287 g/mol. The third-order valence-corrected chi connectivity index (χ3v) is 5.41. The fraction of sp³-hybridized carbons (Fsp3) is 0.538. The molecule has 6 heteroatoms. The summed E-state index contributed by atoms with van der Waals surface area (Å²) in [5, 5.41) is 0. The molecular formula is C13H18FNO3S. The third kappa shape index (κ3) is 2.80. The molecule has 2 unspecified atom stereocenters. The Balaban J connectivity index is 2.44. The maximum absolute atomic E-state index is 13.3. The van der Waals surface area contributed by atoms with Gasteiger partial charge in [-0.25, -0.2) is 12.8 Å². The average molecular weight is 287 g/mol. The zero-order chi connectivity index (χ0) is 14.2. The second kappa shape index (κ2) is 5.19. The van der Waals surface area contributed by atoms with Gasteiger partial charge in [0.1, 0.15) is 5.82 Å². The molecule has 1 aromatic rings. The maximum Gasteiger partial charge on any atom is 0.243 e. The van der Waals surface area contributed by atoms with Gasteiger partial charge in [-0.05, 0) is 38.5 Å². The summed E-state index contributed by atoms with van der Waals surface area (Å²) in [5.41, 5.74) is 0.549. The lowest BCUT2D eigenvalue weighted by Crippen LogP contribution is -2.50. The number of halogens is 1. The summed E-state index contributed by atoms with van der Waals surface area (Å²) in [6.07, 6.45) is -0.153. The van der Waals surface area contributed by atoms with Crippen LogP contribution < -0.4 is 0 Å². The number of hydrogen-bond donors (Lipinski definition) is 0. The van der Waals surface area contributed by atoms with Crippen LogP contribution >= 0.6 is 0 Å². The molecule has 0 N–H and O–H groups in total. The molecule has 0 spiro atoms. The molecule has 0 bridgehead atoms. The van der Waals surface area contributed by atoms with Gasteiger partial charge < -0.3 is 4.74 Å². The van der Waals surface area contributed by atoms with Crippen molar-refractivity contribution in [2.24, 2.45) is 0 Å². The molecule has 2 rings (SSSR count). The first-order valence-corrected chi connectivity index (χ1v) is 7.66. The van der Waals surface area contributed by atoms with Crippen molar-refractivity contribution in [2.75, 3.05) is 13.2 Å². The van der Waals surface area contributed by atoms with Crippen LogP contribution in [0.1, 0.15) is 19.4 Å². The summed E-state index contributed by atoms with van der Waals surface area (Å²) < 4.78 is 45.4. The summed E-state index contributed by atoms with van der Waals surface area (Å²) in [6.45, 7) is 5.93. The summed E-state index contributed by atoms with van der Waals surface area (Å²) in [7, 11) is -3.68. The highest BCUT2D eigenvalue weighted by Crippen LogP contribution is 2.25. The predicted molar refractivity (Wildman–Crippen MR) is 69.9 cm³/mol. The van der Waals surface area contributed by atoms with E-state index in [1.807, 2.05) is 6.92 Å². The van der Waals surface area contributed by atoms with Crippen LogP contribution in [-0.2, 0) is 14.8 Å². The molecular weight excluding hydrogens is 269 g/mol. The van der Waals surface area contributed by atoms with E-state index in [9.17, 15) is 12.8 Å². The van der Waals surface area contributed by atoms with E-state index in [1.54, 1.807) is 13.8 Å². The molecule has 0 amide bonds. The fourth-order valence-electron chi connectivity index (χ4n) is 2.19. The molecule has 0 aromatic heterocycles. The average Bonchev–Trinajstić information content (AvgIpc) is 2.35. The lowest BCUT2D eigenvalue weighted by Gasteiger charge is -2.35. The van der Waals surface area contributed by atoms with Crippen LogP contribution in [0.25, 0.3) is 0 Å². The van der Waals surface area contributed by atoms with Gasteiger partial charge in [-0.15, -0.1) is 0 Å². The first kappa shape index (κ1) is 14.4. The molecule has 1 fully saturated rings. The number of morpholine rings is 1. The molecule has 1 aliphatic rings. The van der Waals surface area contributed by atoms with Crippen LogP contribution in [0.4, 0.5) is 4.39 Å². The number of hydrogen-bond acceptors (Lipinski definition) is 3. The topological polar surface area (TPSA) is 46.6 Å². The largest absolute Gasteiger partial charge is 0.375 e. The number of rotatable bonds is 2. The smallest absolute Gasteiger partial charge is 0.243 e. The van der Waals surface area contributed by atoms with Gasteiger partial charge in [0.05, 0.1) is 17.6 Å². The molecule has 19 heavy (non-hydrogen) atoms. The minimum absolute atomic E-state index is 0.0356. The highest BCUT2D eigenvalue weighted by atomic mass is 32.2. The van der Waals surface area contributed by atoms with Crippen molar-refractivity contribution >= 4 is 10.0 Å². The van der Waals surface area contributed by atoms with E-state index in [0.717, 1.165) is 6.07 Å². The zero-order valence-electron chi connectivity index (χ0n) is 11.3. The second-order valence-electron chi connectivity index (χ2n) is 4.98. The second-order valence-corrected chi connectivity index (χ2v) is 6.84. The van der Waals surface area contributed by atoms with E-state index in [-0.39, 0.29) is 17.0 Å². The SMILES string of the molecule is Cc1ccc(F)cc1S(=O)(=O)N1CC(C)OCC1C. The Kier molecular flexibility index (Phi) is 3.94. The highest BCUT2D eigenvalue weighted by Gasteiger charge is 2.35. The molecule has 0 saturated carbocycles.